The summed E-state index contributed by atoms with van der Waals surface area (Å²) in [5.41, 5.74) is 5.96. The van der Waals surface area contributed by atoms with Crippen LogP contribution in [0.25, 0.3) is 11.1 Å². The van der Waals surface area contributed by atoms with Crippen LogP contribution in [0.2, 0.25) is 5.02 Å². The lowest BCUT2D eigenvalue weighted by molar-refractivity contribution is -0.137. The van der Waals surface area contributed by atoms with Gasteiger partial charge in [-0.1, -0.05) is 23.7 Å². The van der Waals surface area contributed by atoms with E-state index in [4.69, 9.17) is 17.3 Å². The third-order valence-electron chi connectivity index (χ3n) is 2.89. The first-order valence-electron chi connectivity index (χ1n) is 5.68. The Balaban J connectivity index is 2.61. The normalized spacial score (nSPS) is 11.7. The molecule has 0 aliphatic heterocycles. The zero-order chi connectivity index (χ0) is 14.9. The van der Waals surface area contributed by atoms with Crippen LogP contribution in [-0.2, 0) is 12.7 Å². The summed E-state index contributed by atoms with van der Waals surface area (Å²) in [4.78, 5) is 0. The Kier molecular flexibility index (Phi) is 4.01. The topological polar surface area (TPSA) is 26.0 Å². The van der Waals surface area contributed by atoms with Crippen LogP contribution < -0.4 is 5.73 Å². The lowest BCUT2D eigenvalue weighted by Crippen LogP contribution is -2.07. The Labute approximate surface area is 118 Å². The first kappa shape index (κ1) is 14.8. The molecule has 0 heterocycles. The van der Waals surface area contributed by atoms with Crippen molar-refractivity contribution in [3.05, 3.63) is 58.4 Å². The van der Waals surface area contributed by atoms with Crippen molar-refractivity contribution in [3.8, 4) is 11.1 Å². The standard InChI is InChI=1S/C14H10ClF4N/c15-12-5-8(2-4-13(12)16)11-6-10(14(17,18)19)3-1-9(11)7-20/h1-6H,7,20H2. The van der Waals surface area contributed by atoms with E-state index >= 15 is 0 Å². The van der Waals surface area contributed by atoms with Gasteiger partial charge in [0.25, 0.3) is 0 Å². The third kappa shape index (κ3) is 2.94. The summed E-state index contributed by atoms with van der Waals surface area (Å²) in [6, 6.07) is 7.04. The average molecular weight is 304 g/mol. The molecular weight excluding hydrogens is 294 g/mol. The van der Waals surface area contributed by atoms with Gasteiger partial charge in [-0.15, -0.1) is 0 Å². The zero-order valence-electron chi connectivity index (χ0n) is 10.1. The minimum atomic E-state index is -4.45. The summed E-state index contributed by atoms with van der Waals surface area (Å²) < 4.78 is 51.4. The quantitative estimate of drug-likeness (QED) is 0.805. The molecule has 0 amide bonds. The van der Waals surface area contributed by atoms with Crippen molar-refractivity contribution in [2.24, 2.45) is 5.73 Å². The van der Waals surface area contributed by atoms with Gasteiger partial charge in [0.05, 0.1) is 10.6 Å². The van der Waals surface area contributed by atoms with Crippen molar-refractivity contribution < 1.29 is 17.6 Å². The van der Waals surface area contributed by atoms with Gasteiger partial charge in [-0.3, -0.25) is 0 Å². The molecule has 0 saturated heterocycles. The molecule has 2 N–H and O–H groups in total. The Bertz CT molecular complexity index is 638. The van der Waals surface area contributed by atoms with E-state index < -0.39 is 17.6 Å². The van der Waals surface area contributed by atoms with E-state index in [0.29, 0.717) is 16.7 Å². The maximum atomic E-state index is 13.1. The van der Waals surface area contributed by atoms with Crippen LogP contribution in [0.1, 0.15) is 11.1 Å². The molecule has 0 saturated carbocycles. The number of halogens is 5. The van der Waals surface area contributed by atoms with Crippen LogP contribution in [0.5, 0.6) is 0 Å². The highest BCUT2D eigenvalue weighted by atomic mass is 35.5. The average Bonchev–Trinajstić information content (AvgIpc) is 2.40. The van der Waals surface area contributed by atoms with Crippen LogP contribution in [0.4, 0.5) is 17.6 Å². The summed E-state index contributed by atoms with van der Waals surface area (Å²) in [6.45, 7) is 0.0719. The Hall–Kier alpha value is -1.59. The first-order valence-corrected chi connectivity index (χ1v) is 6.06. The maximum absolute atomic E-state index is 13.1. The molecule has 0 unspecified atom stereocenters. The van der Waals surface area contributed by atoms with Crippen LogP contribution in [0.15, 0.2) is 36.4 Å². The fraction of sp³-hybridized carbons (Fsp3) is 0.143. The first-order chi connectivity index (χ1) is 9.32. The molecule has 20 heavy (non-hydrogen) atoms. The van der Waals surface area contributed by atoms with Gasteiger partial charge in [0.15, 0.2) is 0 Å². The second kappa shape index (κ2) is 5.42. The lowest BCUT2D eigenvalue weighted by atomic mass is 9.97. The fourth-order valence-electron chi connectivity index (χ4n) is 1.86. The number of hydrogen-bond acceptors (Lipinski definition) is 1. The molecule has 0 atom stereocenters. The van der Waals surface area contributed by atoms with E-state index in [-0.39, 0.29) is 11.6 Å². The Morgan fingerprint density at radius 3 is 2.30 bits per heavy atom. The molecule has 0 bridgehead atoms. The van der Waals surface area contributed by atoms with E-state index in [9.17, 15) is 17.6 Å². The molecule has 1 nitrogen and oxygen atoms in total. The summed E-state index contributed by atoms with van der Waals surface area (Å²) >= 11 is 5.66. The molecule has 2 rings (SSSR count). The van der Waals surface area contributed by atoms with Crippen LogP contribution >= 0.6 is 11.6 Å². The molecule has 0 aromatic heterocycles. The summed E-state index contributed by atoms with van der Waals surface area (Å²) in [5.74, 6) is -0.628. The van der Waals surface area contributed by atoms with E-state index in [1.54, 1.807) is 0 Å². The van der Waals surface area contributed by atoms with Crippen LogP contribution in [-0.4, -0.2) is 0 Å². The van der Waals surface area contributed by atoms with Crippen molar-refractivity contribution in [2.75, 3.05) is 0 Å². The summed E-state index contributed by atoms with van der Waals surface area (Å²) in [5, 5.41) is -0.150. The number of nitrogens with two attached hydrogens (primary N) is 1. The SMILES string of the molecule is NCc1ccc(C(F)(F)F)cc1-c1ccc(F)c(Cl)c1. The molecule has 0 spiro atoms. The predicted molar refractivity (Wildman–Crippen MR) is 69.7 cm³/mol. The lowest BCUT2D eigenvalue weighted by Gasteiger charge is -2.13. The second-order valence-corrected chi connectivity index (χ2v) is 4.61. The van der Waals surface area contributed by atoms with Crippen molar-refractivity contribution in [2.45, 2.75) is 12.7 Å². The van der Waals surface area contributed by atoms with Gasteiger partial charge in [0, 0.05) is 6.54 Å². The Morgan fingerprint density at radius 1 is 1.05 bits per heavy atom. The van der Waals surface area contributed by atoms with Crippen molar-refractivity contribution in [3.63, 3.8) is 0 Å². The van der Waals surface area contributed by atoms with Gasteiger partial charge >= 0.3 is 6.18 Å². The number of rotatable bonds is 2. The smallest absolute Gasteiger partial charge is 0.326 e. The van der Waals surface area contributed by atoms with Crippen LogP contribution in [0.3, 0.4) is 0 Å². The molecule has 0 aliphatic carbocycles. The number of alkyl halides is 3. The van der Waals surface area contributed by atoms with Crippen LogP contribution in [0, 0.1) is 5.82 Å². The van der Waals surface area contributed by atoms with Crippen molar-refractivity contribution >= 4 is 11.6 Å². The summed E-state index contributed by atoms with van der Waals surface area (Å²) in [6.07, 6.45) is -4.45. The zero-order valence-corrected chi connectivity index (χ0v) is 10.9. The van der Waals surface area contributed by atoms with E-state index in [1.807, 2.05) is 0 Å². The van der Waals surface area contributed by atoms with Crippen molar-refractivity contribution in [1.82, 2.24) is 0 Å². The highest BCUT2D eigenvalue weighted by molar-refractivity contribution is 6.31. The third-order valence-corrected chi connectivity index (χ3v) is 3.18. The van der Waals surface area contributed by atoms with E-state index in [2.05, 4.69) is 0 Å². The largest absolute Gasteiger partial charge is 0.416 e. The molecular formula is C14H10ClF4N. The molecule has 0 fully saturated rings. The predicted octanol–water partition coefficient (Wildman–Crippen LogP) is 4.62. The Morgan fingerprint density at radius 2 is 1.75 bits per heavy atom. The van der Waals surface area contributed by atoms with Gasteiger partial charge in [0.2, 0.25) is 0 Å². The molecule has 0 aliphatic rings. The van der Waals surface area contributed by atoms with Gasteiger partial charge < -0.3 is 5.73 Å². The minimum absolute atomic E-state index is 0.0719. The monoisotopic (exact) mass is 303 g/mol. The van der Waals surface area contributed by atoms with Gasteiger partial charge in [-0.05, 0) is 41.0 Å². The highest BCUT2D eigenvalue weighted by Gasteiger charge is 2.31. The maximum Gasteiger partial charge on any atom is 0.416 e. The van der Waals surface area contributed by atoms with Gasteiger partial charge in [-0.2, -0.15) is 13.2 Å². The fourth-order valence-corrected chi connectivity index (χ4v) is 2.04. The second-order valence-electron chi connectivity index (χ2n) is 4.20. The van der Waals surface area contributed by atoms with Crippen molar-refractivity contribution in [1.29, 1.82) is 0 Å². The molecule has 2 aromatic rings. The molecule has 2 aromatic carbocycles. The highest BCUT2D eigenvalue weighted by Crippen LogP contribution is 2.35. The minimum Gasteiger partial charge on any atom is -0.326 e. The van der Waals surface area contributed by atoms with Gasteiger partial charge in [0.1, 0.15) is 5.82 Å². The number of benzene rings is 2. The molecule has 106 valence electrons. The molecule has 0 radical (unpaired) electrons. The number of hydrogen-bond donors (Lipinski definition) is 1. The van der Waals surface area contributed by atoms with E-state index in [0.717, 1.165) is 18.2 Å². The molecule has 6 heteroatoms. The van der Waals surface area contributed by atoms with E-state index in [1.165, 1.54) is 18.2 Å². The summed E-state index contributed by atoms with van der Waals surface area (Å²) in [7, 11) is 0. The van der Waals surface area contributed by atoms with Gasteiger partial charge in [-0.25, -0.2) is 4.39 Å².